The van der Waals surface area contributed by atoms with Crippen LogP contribution in [0.3, 0.4) is 0 Å². The SMILES string of the molecule is CCCCCCN1c2ccccc2Sc2cc(C=O)ccc21. The van der Waals surface area contributed by atoms with Gasteiger partial charge in [0, 0.05) is 21.9 Å². The summed E-state index contributed by atoms with van der Waals surface area (Å²) in [5.74, 6) is 0. The zero-order valence-corrected chi connectivity index (χ0v) is 13.7. The van der Waals surface area contributed by atoms with Crippen molar-refractivity contribution in [3.05, 3.63) is 48.0 Å². The van der Waals surface area contributed by atoms with Gasteiger partial charge in [0.1, 0.15) is 6.29 Å². The van der Waals surface area contributed by atoms with Crippen molar-refractivity contribution in [1.29, 1.82) is 0 Å². The minimum Gasteiger partial charge on any atom is -0.340 e. The first kappa shape index (κ1) is 15.2. The summed E-state index contributed by atoms with van der Waals surface area (Å²) in [7, 11) is 0. The number of carbonyl (C=O) groups excluding carboxylic acids is 1. The predicted molar refractivity (Wildman–Crippen MR) is 93.5 cm³/mol. The number of nitrogens with zero attached hydrogens (tertiary/aromatic N) is 1. The highest BCUT2D eigenvalue weighted by Gasteiger charge is 2.22. The highest BCUT2D eigenvalue weighted by molar-refractivity contribution is 7.99. The summed E-state index contributed by atoms with van der Waals surface area (Å²) in [6, 6.07) is 14.5. The van der Waals surface area contributed by atoms with Crippen LogP contribution in [0, 0.1) is 0 Å². The van der Waals surface area contributed by atoms with Crippen LogP contribution in [-0.4, -0.2) is 12.8 Å². The first-order valence-electron chi connectivity index (χ1n) is 7.97. The van der Waals surface area contributed by atoms with E-state index in [2.05, 4.69) is 42.2 Å². The zero-order chi connectivity index (χ0) is 15.4. The van der Waals surface area contributed by atoms with E-state index in [9.17, 15) is 4.79 Å². The Bertz CT molecular complexity index is 668. The van der Waals surface area contributed by atoms with Gasteiger partial charge < -0.3 is 4.90 Å². The molecule has 22 heavy (non-hydrogen) atoms. The van der Waals surface area contributed by atoms with Crippen LogP contribution in [0.25, 0.3) is 0 Å². The Labute approximate surface area is 136 Å². The molecule has 0 spiro atoms. The largest absolute Gasteiger partial charge is 0.340 e. The van der Waals surface area contributed by atoms with Crippen molar-refractivity contribution < 1.29 is 4.79 Å². The maximum atomic E-state index is 11.0. The van der Waals surface area contributed by atoms with Crippen LogP contribution >= 0.6 is 11.8 Å². The van der Waals surface area contributed by atoms with Crippen molar-refractivity contribution in [3.63, 3.8) is 0 Å². The minimum absolute atomic E-state index is 0.747. The Morgan fingerprint density at radius 1 is 1.00 bits per heavy atom. The van der Waals surface area contributed by atoms with Gasteiger partial charge in [-0.3, -0.25) is 4.79 Å². The summed E-state index contributed by atoms with van der Waals surface area (Å²) >= 11 is 1.76. The van der Waals surface area contributed by atoms with Crippen molar-refractivity contribution in [3.8, 4) is 0 Å². The number of benzene rings is 2. The number of aldehydes is 1. The van der Waals surface area contributed by atoms with Crippen LogP contribution in [0.4, 0.5) is 11.4 Å². The first-order chi connectivity index (χ1) is 10.8. The van der Waals surface area contributed by atoms with Crippen LogP contribution in [0.1, 0.15) is 43.0 Å². The third-order valence-electron chi connectivity index (χ3n) is 4.02. The lowest BCUT2D eigenvalue weighted by atomic mass is 10.1. The minimum atomic E-state index is 0.747. The molecule has 2 aromatic rings. The molecular formula is C19H21NOS. The normalized spacial score (nSPS) is 12.7. The Morgan fingerprint density at radius 3 is 2.64 bits per heavy atom. The average Bonchev–Trinajstić information content (AvgIpc) is 2.57. The topological polar surface area (TPSA) is 20.3 Å². The van der Waals surface area contributed by atoms with Gasteiger partial charge >= 0.3 is 0 Å². The lowest BCUT2D eigenvalue weighted by Gasteiger charge is -2.33. The summed E-state index contributed by atoms with van der Waals surface area (Å²) in [4.78, 5) is 15.9. The van der Waals surface area contributed by atoms with Gasteiger partial charge in [0.25, 0.3) is 0 Å². The monoisotopic (exact) mass is 311 g/mol. The van der Waals surface area contributed by atoms with Crippen molar-refractivity contribution >= 4 is 29.4 Å². The second-order valence-corrected chi connectivity index (χ2v) is 6.71. The summed E-state index contributed by atoms with van der Waals surface area (Å²) < 4.78 is 0. The van der Waals surface area contributed by atoms with E-state index in [4.69, 9.17) is 0 Å². The van der Waals surface area contributed by atoms with E-state index in [1.165, 1.54) is 46.8 Å². The number of unbranched alkanes of at least 4 members (excludes halogenated alkanes) is 3. The van der Waals surface area contributed by atoms with Gasteiger partial charge in [0.15, 0.2) is 0 Å². The molecular weight excluding hydrogens is 290 g/mol. The van der Waals surface area contributed by atoms with Gasteiger partial charge in [-0.15, -0.1) is 0 Å². The molecule has 0 radical (unpaired) electrons. The second kappa shape index (κ2) is 7.01. The number of carbonyl (C=O) groups is 1. The van der Waals surface area contributed by atoms with E-state index in [1.54, 1.807) is 11.8 Å². The molecule has 1 aliphatic rings. The Kier molecular flexibility index (Phi) is 4.84. The fraction of sp³-hybridized carbons (Fsp3) is 0.316. The maximum Gasteiger partial charge on any atom is 0.150 e. The Balaban J connectivity index is 1.92. The second-order valence-electron chi connectivity index (χ2n) is 5.63. The fourth-order valence-corrected chi connectivity index (χ4v) is 4.01. The lowest BCUT2D eigenvalue weighted by molar-refractivity contribution is 0.112. The molecule has 3 rings (SSSR count). The molecule has 0 saturated carbocycles. The van der Waals surface area contributed by atoms with E-state index in [-0.39, 0.29) is 0 Å². The summed E-state index contributed by atoms with van der Waals surface area (Å²) in [5.41, 5.74) is 3.26. The molecule has 0 bridgehead atoms. The van der Waals surface area contributed by atoms with Crippen molar-refractivity contribution in [2.75, 3.05) is 11.4 Å². The quantitative estimate of drug-likeness (QED) is 0.505. The summed E-state index contributed by atoms with van der Waals surface area (Å²) in [5, 5.41) is 0. The van der Waals surface area contributed by atoms with Gasteiger partial charge in [-0.05, 0) is 36.8 Å². The number of fused-ring (bicyclic) bond motifs is 2. The van der Waals surface area contributed by atoms with E-state index in [1.807, 2.05) is 12.1 Å². The zero-order valence-electron chi connectivity index (χ0n) is 12.9. The molecule has 0 saturated heterocycles. The van der Waals surface area contributed by atoms with Crippen LogP contribution in [0.2, 0.25) is 0 Å². The first-order valence-corrected chi connectivity index (χ1v) is 8.79. The van der Waals surface area contributed by atoms with Crippen LogP contribution in [0.5, 0.6) is 0 Å². The fourth-order valence-electron chi connectivity index (χ4n) is 2.86. The molecule has 0 aromatic heterocycles. The molecule has 2 aromatic carbocycles. The molecule has 2 nitrogen and oxygen atoms in total. The number of anilines is 2. The molecule has 114 valence electrons. The predicted octanol–water partition coefficient (Wildman–Crippen LogP) is 5.68. The van der Waals surface area contributed by atoms with E-state index >= 15 is 0 Å². The Morgan fingerprint density at radius 2 is 1.82 bits per heavy atom. The highest BCUT2D eigenvalue weighted by Crippen LogP contribution is 2.48. The Hall–Kier alpha value is -1.74. The molecule has 0 N–H and O–H groups in total. The maximum absolute atomic E-state index is 11.0. The molecule has 0 amide bonds. The third kappa shape index (κ3) is 3.05. The van der Waals surface area contributed by atoms with Gasteiger partial charge in [-0.25, -0.2) is 0 Å². The molecule has 0 fully saturated rings. The van der Waals surface area contributed by atoms with Gasteiger partial charge in [0.05, 0.1) is 11.4 Å². The van der Waals surface area contributed by atoms with E-state index < -0.39 is 0 Å². The highest BCUT2D eigenvalue weighted by atomic mass is 32.2. The molecule has 0 atom stereocenters. The van der Waals surface area contributed by atoms with E-state index in [0.29, 0.717) is 0 Å². The van der Waals surface area contributed by atoms with Crippen LogP contribution in [-0.2, 0) is 0 Å². The van der Waals surface area contributed by atoms with Crippen LogP contribution in [0.15, 0.2) is 52.3 Å². The molecule has 1 heterocycles. The van der Waals surface area contributed by atoms with Crippen molar-refractivity contribution in [2.24, 2.45) is 0 Å². The smallest absolute Gasteiger partial charge is 0.150 e. The number of hydrogen-bond acceptors (Lipinski definition) is 3. The van der Waals surface area contributed by atoms with Crippen molar-refractivity contribution in [2.45, 2.75) is 42.4 Å². The summed E-state index contributed by atoms with van der Waals surface area (Å²) in [6.45, 7) is 3.27. The molecule has 3 heteroatoms. The van der Waals surface area contributed by atoms with Crippen molar-refractivity contribution in [1.82, 2.24) is 0 Å². The lowest BCUT2D eigenvalue weighted by Crippen LogP contribution is -2.22. The van der Waals surface area contributed by atoms with Crippen LogP contribution < -0.4 is 4.90 Å². The number of rotatable bonds is 6. The molecule has 1 aliphatic heterocycles. The number of hydrogen-bond donors (Lipinski definition) is 0. The van der Waals surface area contributed by atoms with Gasteiger partial charge in [-0.2, -0.15) is 0 Å². The standard InChI is InChI=1S/C19H21NOS/c1-2-3-4-7-12-20-16-8-5-6-9-18(16)22-19-13-15(14-21)10-11-17(19)20/h5-6,8-11,13-14H,2-4,7,12H2,1H3. The number of para-hydroxylation sites is 1. The van der Waals surface area contributed by atoms with E-state index in [0.717, 1.165) is 18.4 Å². The van der Waals surface area contributed by atoms with Gasteiger partial charge in [-0.1, -0.05) is 50.1 Å². The third-order valence-corrected chi connectivity index (χ3v) is 5.13. The molecule has 0 unspecified atom stereocenters. The molecule has 0 aliphatic carbocycles. The average molecular weight is 311 g/mol. The van der Waals surface area contributed by atoms with Gasteiger partial charge in [0.2, 0.25) is 0 Å². The summed E-state index contributed by atoms with van der Waals surface area (Å²) in [6.07, 6.45) is 5.94.